The zero-order valence-electron chi connectivity index (χ0n) is 8.27. The van der Waals surface area contributed by atoms with Gasteiger partial charge in [-0.1, -0.05) is 0 Å². The summed E-state index contributed by atoms with van der Waals surface area (Å²) in [6.07, 6.45) is 0.443. The fourth-order valence-corrected chi connectivity index (χ4v) is 0.928. The van der Waals surface area contributed by atoms with E-state index in [0.717, 1.165) is 0 Å². The first kappa shape index (κ1) is 13.5. The van der Waals surface area contributed by atoms with Crippen LogP contribution in [0, 0.1) is 51.7 Å². The Labute approximate surface area is 96.9 Å². The molecule has 92 valence electrons. The third kappa shape index (κ3) is 2.23. The van der Waals surface area contributed by atoms with E-state index in [2.05, 4.69) is 4.74 Å². The maximum atomic E-state index is 13.1. The van der Waals surface area contributed by atoms with Crippen molar-refractivity contribution >= 4 is 0 Å². The minimum absolute atomic E-state index is 0.443. The smallest absolute Gasteiger partial charge is 0.214 e. The average molecular weight is 260 g/mol. The maximum Gasteiger partial charge on any atom is 0.214 e. The molecule has 0 bridgehead atoms. The van der Waals surface area contributed by atoms with Crippen molar-refractivity contribution in [2.24, 2.45) is 0 Å². The highest BCUT2D eigenvalue weighted by atomic mass is 19.2. The lowest BCUT2D eigenvalue weighted by molar-refractivity contribution is 0.323. The van der Waals surface area contributed by atoms with Crippen LogP contribution >= 0.6 is 0 Å². The lowest BCUT2D eigenvalue weighted by Gasteiger charge is -2.07. The number of rotatable bonds is 2. The van der Waals surface area contributed by atoms with Gasteiger partial charge < -0.3 is 4.74 Å². The van der Waals surface area contributed by atoms with Crippen LogP contribution in [0.25, 0.3) is 0 Å². The highest BCUT2D eigenvalue weighted by molar-refractivity contribution is 5.34. The van der Waals surface area contributed by atoms with Crippen LogP contribution in [0.1, 0.15) is 0 Å². The number of hydrogen-bond donors (Lipinski definition) is 0. The summed E-state index contributed by atoms with van der Waals surface area (Å²) in [5.74, 6) is -13.8. The summed E-state index contributed by atoms with van der Waals surface area (Å²) in [7, 11) is 0. The Morgan fingerprint density at radius 1 is 0.889 bits per heavy atom. The summed E-state index contributed by atoms with van der Waals surface area (Å²) in [5, 5.41) is 16.6. The van der Waals surface area contributed by atoms with Crippen molar-refractivity contribution in [2.75, 3.05) is 0 Å². The van der Waals surface area contributed by atoms with E-state index in [9.17, 15) is 22.0 Å². The zero-order valence-corrected chi connectivity index (χ0v) is 8.27. The second-order valence-corrected chi connectivity index (χ2v) is 2.75. The van der Waals surface area contributed by atoms with Gasteiger partial charge in [0.1, 0.15) is 6.07 Å². The molecule has 0 aromatic heterocycles. The molecule has 0 radical (unpaired) electrons. The van der Waals surface area contributed by atoms with Crippen LogP contribution in [0.5, 0.6) is 5.75 Å². The average Bonchev–Trinajstić information content (AvgIpc) is 2.37. The number of nitrogens with zero attached hydrogens (tertiary/aromatic N) is 2. The first-order valence-corrected chi connectivity index (χ1v) is 4.13. The second-order valence-electron chi connectivity index (χ2n) is 2.75. The number of ether oxygens (including phenoxy) is 1. The molecule has 0 N–H and O–H groups in total. The molecule has 0 fully saturated rings. The summed E-state index contributed by atoms with van der Waals surface area (Å²) < 4.78 is 68.4. The van der Waals surface area contributed by atoms with Crippen molar-refractivity contribution in [1.82, 2.24) is 0 Å². The topological polar surface area (TPSA) is 56.8 Å². The molecule has 0 aliphatic carbocycles. The lowest BCUT2D eigenvalue weighted by atomic mass is 10.2. The van der Waals surface area contributed by atoms with E-state index in [0.29, 0.717) is 6.08 Å². The molecule has 0 saturated carbocycles. The zero-order chi connectivity index (χ0) is 13.9. The van der Waals surface area contributed by atoms with E-state index in [1.807, 2.05) is 0 Å². The maximum absolute atomic E-state index is 13.1. The number of nitriles is 2. The van der Waals surface area contributed by atoms with Crippen LogP contribution in [0.15, 0.2) is 11.8 Å². The van der Waals surface area contributed by atoms with Crippen LogP contribution in [0.2, 0.25) is 0 Å². The van der Waals surface area contributed by atoms with Crippen molar-refractivity contribution < 1.29 is 26.7 Å². The minimum Gasteiger partial charge on any atom is -0.439 e. The van der Waals surface area contributed by atoms with Crippen LogP contribution in [-0.4, -0.2) is 0 Å². The van der Waals surface area contributed by atoms with Gasteiger partial charge in [-0.05, 0) is 0 Å². The van der Waals surface area contributed by atoms with E-state index in [4.69, 9.17) is 10.5 Å². The Kier molecular flexibility index (Phi) is 3.85. The van der Waals surface area contributed by atoms with Crippen molar-refractivity contribution in [1.29, 1.82) is 10.5 Å². The van der Waals surface area contributed by atoms with E-state index >= 15 is 0 Å². The lowest BCUT2D eigenvalue weighted by Crippen LogP contribution is -2.06. The van der Waals surface area contributed by atoms with Gasteiger partial charge >= 0.3 is 0 Å². The highest BCUT2D eigenvalue weighted by Gasteiger charge is 2.27. The Hall–Kier alpha value is -2.61. The van der Waals surface area contributed by atoms with E-state index < -0.39 is 40.6 Å². The van der Waals surface area contributed by atoms with E-state index in [1.165, 1.54) is 12.1 Å². The molecule has 3 nitrogen and oxygen atoms in total. The van der Waals surface area contributed by atoms with Gasteiger partial charge in [0.25, 0.3) is 0 Å². The first-order chi connectivity index (χ1) is 8.43. The monoisotopic (exact) mass is 260 g/mol. The van der Waals surface area contributed by atoms with E-state index in [-0.39, 0.29) is 0 Å². The Morgan fingerprint density at radius 3 is 1.72 bits per heavy atom. The Morgan fingerprint density at radius 2 is 1.33 bits per heavy atom. The predicted molar refractivity (Wildman–Crippen MR) is 46.2 cm³/mol. The standard InChI is InChI=1S/C10HF5N2O/c11-5-6(12)8(14)10(9(15)7(5)13)18-4(3-17)1-2-16/h1H/b4-1+. The Balaban J connectivity index is 3.41. The first-order valence-electron chi connectivity index (χ1n) is 4.13. The molecule has 0 amide bonds. The number of allylic oxidation sites excluding steroid dienone is 2. The molecule has 18 heavy (non-hydrogen) atoms. The van der Waals surface area contributed by atoms with Gasteiger partial charge in [-0.3, -0.25) is 0 Å². The third-order valence-electron chi connectivity index (χ3n) is 1.69. The van der Waals surface area contributed by atoms with Crippen molar-refractivity contribution in [3.8, 4) is 17.9 Å². The summed E-state index contributed by atoms with van der Waals surface area (Å²) in [5.41, 5.74) is 0. The highest BCUT2D eigenvalue weighted by Crippen LogP contribution is 2.30. The summed E-state index contributed by atoms with van der Waals surface area (Å²) in [6.45, 7) is 0. The quantitative estimate of drug-likeness (QED) is 0.270. The van der Waals surface area contributed by atoms with Crippen molar-refractivity contribution in [3.63, 3.8) is 0 Å². The van der Waals surface area contributed by atoms with Gasteiger partial charge in [0, 0.05) is 0 Å². The molecule has 1 aromatic carbocycles. The molecule has 0 aliphatic rings. The number of benzene rings is 1. The van der Waals surface area contributed by atoms with Crippen LogP contribution in [0.3, 0.4) is 0 Å². The second kappa shape index (κ2) is 5.15. The molecule has 0 heterocycles. The largest absolute Gasteiger partial charge is 0.439 e. The molecule has 1 rings (SSSR count). The van der Waals surface area contributed by atoms with Crippen LogP contribution in [-0.2, 0) is 0 Å². The molecule has 1 aromatic rings. The van der Waals surface area contributed by atoms with Gasteiger partial charge in [-0.25, -0.2) is 13.2 Å². The fraction of sp³-hybridized carbons (Fsp3) is 0. The molecule has 0 aliphatic heterocycles. The summed E-state index contributed by atoms with van der Waals surface area (Å²) in [4.78, 5) is 0. The van der Waals surface area contributed by atoms with E-state index in [1.54, 1.807) is 0 Å². The Bertz CT molecular complexity index is 583. The van der Waals surface area contributed by atoms with Gasteiger partial charge in [-0.2, -0.15) is 19.3 Å². The predicted octanol–water partition coefficient (Wildman–Crippen LogP) is 2.69. The fourth-order valence-electron chi connectivity index (χ4n) is 0.928. The van der Waals surface area contributed by atoms with Gasteiger partial charge in [0.15, 0.2) is 0 Å². The van der Waals surface area contributed by atoms with Gasteiger partial charge in [-0.15, -0.1) is 0 Å². The molecule has 0 atom stereocenters. The van der Waals surface area contributed by atoms with Gasteiger partial charge in [0.05, 0.1) is 12.1 Å². The minimum atomic E-state index is -2.35. The van der Waals surface area contributed by atoms with Crippen LogP contribution < -0.4 is 4.74 Å². The molecular formula is C10HF5N2O. The van der Waals surface area contributed by atoms with Gasteiger partial charge in [0.2, 0.25) is 40.6 Å². The van der Waals surface area contributed by atoms with Crippen molar-refractivity contribution in [3.05, 3.63) is 40.9 Å². The molecule has 0 unspecified atom stereocenters. The van der Waals surface area contributed by atoms with Crippen LogP contribution in [0.4, 0.5) is 22.0 Å². The molecule has 0 spiro atoms. The molecule has 0 saturated heterocycles. The summed E-state index contributed by atoms with van der Waals surface area (Å²) >= 11 is 0. The van der Waals surface area contributed by atoms with Crippen molar-refractivity contribution in [2.45, 2.75) is 0 Å². The summed E-state index contributed by atoms with van der Waals surface area (Å²) in [6, 6.07) is 2.51. The third-order valence-corrected chi connectivity index (χ3v) is 1.69. The number of hydrogen-bond acceptors (Lipinski definition) is 3. The number of halogens is 5. The molecule has 8 heteroatoms. The normalized spacial score (nSPS) is 10.7. The SMILES string of the molecule is N#C/C=C(\C#N)Oc1c(F)c(F)c(F)c(F)c1F. The molecular weight excluding hydrogens is 259 g/mol.